The topological polar surface area (TPSA) is 47.8 Å². The number of aromatic nitrogens is 3. The van der Waals surface area contributed by atoms with Crippen molar-refractivity contribution in [3.05, 3.63) is 12.7 Å². The largest absolute Gasteiger partial charge is 0.300 e. The number of ketones is 1. The van der Waals surface area contributed by atoms with Crippen molar-refractivity contribution in [3.8, 4) is 0 Å². The lowest BCUT2D eigenvalue weighted by atomic mass is 9.99. The van der Waals surface area contributed by atoms with Gasteiger partial charge in [0.15, 0.2) is 0 Å². The van der Waals surface area contributed by atoms with E-state index in [0.29, 0.717) is 6.42 Å². The molecule has 0 aromatic carbocycles. The first-order chi connectivity index (χ1) is 5.52. The van der Waals surface area contributed by atoms with Gasteiger partial charge in [-0.05, 0) is 20.8 Å². The quantitative estimate of drug-likeness (QED) is 0.674. The van der Waals surface area contributed by atoms with E-state index >= 15 is 0 Å². The highest BCUT2D eigenvalue weighted by Crippen LogP contribution is 2.17. The van der Waals surface area contributed by atoms with Crippen LogP contribution in [0.3, 0.4) is 0 Å². The summed E-state index contributed by atoms with van der Waals surface area (Å²) in [7, 11) is 0. The molecule has 0 unspecified atom stereocenters. The third-order valence-corrected chi connectivity index (χ3v) is 1.72. The molecule has 1 aromatic rings. The molecule has 0 aliphatic rings. The normalized spacial score (nSPS) is 11.6. The molecule has 0 saturated heterocycles. The third kappa shape index (κ3) is 1.90. The Bertz CT molecular complexity index is 264. The van der Waals surface area contributed by atoms with Gasteiger partial charge in [0.1, 0.15) is 18.4 Å². The molecule has 0 amide bonds. The third-order valence-electron chi connectivity index (χ3n) is 1.72. The first-order valence-electron chi connectivity index (χ1n) is 3.87. The van der Waals surface area contributed by atoms with Gasteiger partial charge >= 0.3 is 0 Å². The van der Waals surface area contributed by atoms with Crippen LogP contribution < -0.4 is 0 Å². The van der Waals surface area contributed by atoms with E-state index in [1.807, 2.05) is 13.8 Å². The highest BCUT2D eigenvalue weighted by molar-refractivity contribution is 5.76. The maximum absolute atomic E-state index is 10.9. The molecule has 0 atom stereocenters. The average molecular weight is 167 g/mol. The Morgan fingerprint density at radius 1 is 1.58 bits per heavy atom. The van der Waals surface area contributed by atoms with Crippen LogP contribution in [0.4, 0.5) is 0 Å². The molecule has 0 spiro atoms. The summed E-state index contributed by atoms with van der Waals surface area (Å²) in [4.78, 5) is 14.7. The van der Waals surface area contributed by atoms with Crippen molar-refractivity contribution in [2.24, 2.45) is 0 Å². The van der Waals surface area contributed by atoms with Crippen LogP contribution in [-0.2, 0) is 10.3 Å². The van der Waals surface area contributed by atoms with E-state index in [4.69, 9.17) is 0 Å². The van der Waals surface area contributed by atoms with Crippen molar-refractivity contribution in [2.45, 2.75) is 32.7 Å². The Kier molecular flexibility index (Phi) is 2.26. The molecule has 0 fully saturated rings. The van der Waals surface area contributed by atoms with Gasteiger partial charge in [-0.15, -0.1) is 0 Å². The summed E-state index contributed by atoms with van der Waals surface area (Å²) >= 11 is 0. The van der Waals surface area contributed by atoms with Gasteiger partial charge < -0.3 is 0 Å². The maximum atomic E-state index is 10.9. The first-order valence-corrected chi connectivity index (χ1v) is 3.87. The predicted octanol–water partition coefficient (Wildman–Crippen LogP) is 0.992. The Labute approximate surface area is 71.6 Å². The van der Waals surface area contributed by atoms with Crippen molar-refractivity contribution in [2.75, 3.05) is 0 Å². The van der Waals surface area contributed by atoms with Gasteiger partial charge in [-0.2, -0.15) is 5.10 Å². The summed E-state index contributed by atoms with van der Waals surface area (Å²) in [5, 5.41) is 3.99. The van der Waals surface area contributed by atoms with Crippen molar-refractivity contribution < 1.29 is 4.79 Å². The second kappa shape index (κ2) is 3.05. The number of hydrogen-bond donors (Lipinski definition) is 0. The van der Waals surface area contributed by atoms with Crippen LogP contribution in [0.1, 0.15) is 27.2 Å². The monoisotopic (exact) mass is 167 g/mol. The zero-order valence-corrected chi connectivity index (χ0v) is 7.61. The van der Waals surface area contributed by atoms with Crippen LogP contribution in [0.15, 0.2) is 12.7 Å². The summed E-state index contributed by atoms with van der Waals surface area (Å²) in [5.74, 6) is 0.163. The molecule has 0 saturated carbocycles. The van der Waals surface area contributed by atoms with Crippen LogP contribution in [0.25, 0.3) is 0 Å². The minimum atomic E-state index is -0.262. The Morgan fingerprint density at radius 3 is 2.67 bits per heavy atom. The summed E-state index contributed by atoms with van der Waals surface area (Å²) < 4.78 is 1.70. The van der Waals surface area contributed by atoms with E-state index in [2.05, 4.69) is 10.1 Å². The molecule has 1 rings (SSSR count). The first kappa shape index (κ1) is 8.90. The summed E-state index contributed by atoms with van der Waals surface area (Å²) in [6.45, 7) is 5.50. The number of rotatable bonds is 3. The molecule has 0 radical (unpaired) electrons. The molecule has 4 heteroatoms. The molecular formula is C8H13N3O. The Balaban J connectivity index is 2.79. The molecule has 0 bridgehead atoms. The predicted molar refractivity (Wildman–Crippen MR) is 44.6 cm³/mol. The molecule has 0 aliphatic heterocycles. The lowest BCUT2D eigenvalue weighted by molar-refractivity contribution is -0.118. The Morgan fingerprint density at radius 2 is 2.25 bits per heavy atom. The highest BCUT2D eigenvalue weighted by atomic mass is 16.1. The maximum Gasteiger partial charge on any atom is 0.137 e. The SMILES string of the molecule is CC(=O)CC(C)(C)n1cncn1. The number of hydrogen-bond acceptors (Lipinski definition) is 3. The molecule has 66 valence electrons. The minimum Gasteiger partial charge on any atom is -0.300 e. The summed E-state index contributed by atoms with van der Waals surface area (Å²) in [5.41, 5.74) is -0.262. The van der Waals surface area contributed by atoms with Crippen molar-refractivity contribution in [1.82, 2.24) is 14.8 Å². The summed E-state index contributed by atoms with van der Waals surface area (Å²) in [6, 6.07) is 0. The molecule has 0 N–H and O–H groups in total. The fourth-order valence-corrected chi connectivity index (χ4v) is 1.21. The van der Waals surface area contributed by atoms with E-state index in [9.17, 15) is 4.79 Å². The number of nitrogens with zero attached hydrogens (tertiary/aromatic N) is 3. The van der Waals surface area contributed by atoms with Crippen LogP contribution >= 0.6 is 0 Å². The van der Waals surface area contributed by atoms with Crippen molar-refractivity contribution in [1.29, 1.82) is 0 Å². The highest BCUT2D eigenvalue weighted by Gasteiger charge is 2.22. The van der Waals surface area contributed by atoms with Gasteiger partial charge in [-0.1, -0.05) is 0 Å². The van der Waals surface area contributed by atoms with Gasteiger partial charge in [0, 0.05) is 6.42 Å². The molecule has 1 aromatic heterocycles. The Hall–Kier alpha value is -1.19. The molecule has 1 heterocycles. The van der Waals surface area contributed by atoms with E-state index in [1.165, 1.54) is 6.33 Å². The van der Waals surface area contributed by atoms with E-state index in [0.717, 1.165) is 0 Å². The second-order valence-electron chi connectivity index (χ2n) is 3.53. The minimum absolute atomic E-state index is 0.163. The number of carbonyl (C=O) groups is 1. The van der Waals surface area contributed by atoms with Crippen molar-refractivity contribution >= 4 is 5.78 Å². The van der Waals surface area contributed by atoms with E-state index in [-0.39, 0.29) is 11.3 Å². The smallest absolute Gasteiger partial charge is 0.137 e. The number of Topliss-reactive ketones (excluding diaryl/α,β-unsaturated/α-hetero) is 1. The van der Waals surface area contributed by atoms with E-state index < -0.39 is 0 Å². The molecule has 4 nitrogen and oxygen atoms in total. The van der Waals surface area contributed by atoms with E-state index in [1.54, 1.807) is 17.9 Å². The van der Waals surface area contributed by atoms with Crippen LogP contribution in [0.5, 0.6) is 0 Å². The lowest BCUT2D eigenvalue weighted by Gasteiger charge is -2.22. The zero-order chi connectivity index (χ0) is 9.19. The van der Waals surface area contributed by atoms with Crippen LogP contribution in [0.2, 0.25) is 0 Å². The lowest BCUT2D eigenvalue weighted by Crippen LogP contribution is -2.29. The zero-order valence-electron chi connectivity index (χ0n) is 7.61. The summed E-state index contributed by atoms with van der Waals surface area (Å²) in [6.07, 6.45) is 3.58. The van der Waals surface area contributed by atoms with Gasteiger partial charge in [0.25, 0.3) is 0 Å². The van der Waals surface area contributed by atoms with Crippen LogP contribution in [0, 0.1) is 0 Å². The van der Waals surface area contributed by atoms with Crippen LogP contribution in [-0.4, -0.2) is 20.5 Å². The molecule has 12 heavy (non-hydrogen) atoms. The molecular weight excluding hydrogens is 154 g/mol. The van der Waals surface area contributed by atoms with Gasteiger partial charge in [0.2, 0.25) is 0 Å². The molecule has 0 aliphatic carbocycles. The fraction of sp³-hybridized carbons (Fsp3) is 0.625. The second-order valence-corrected chi connectivity index (χ2v) is 3.53. The van der Waals surface area contributed by atoms with Gasteiger partial charge in [-0.25, -0.2) is 9.67 Å². The average Bonchev–Trinajstić information content (AvgIpc) is 2.32. The fourth-order valence-electron chi connectivity index (χ4n) is 1.21. The van der Waals surface area contributed by atoms with Gasteiger partial charge in [0.05, 0.1) is 5.54 Å². The van der Waals surface area contributed by atoms with Gasteiger partial charge in [-0.3, -0.25) is 4.79 Å². The standard InChI is InChI=1S/C8H13N3O/c1-7(12)4-8(2,3)11-6-9-5-10-11/h5-6H,4H2,1-3H3. The number of carbonyl (C=O) groups excluding carboxylic acids is 1. The van der Waals surface area contributed by atoms with Crippen molar-refractivity contribution in [3.63, 3.8) is 0 Å².